The summed E-state index contributed by atoms with van der Waals surface area (Å²) < 4.78 is 0. The van der Waals surface area contributed by atoms with Crippen molar-refractivity contribution in [1.29, 1.82) is 0 Å². The van der Waals surface area contributed by atoms with Crippen LogP contribution >= 0.6 is 0 Å². The molecule has 0 atom stereocenters. The van der Waals surface area contributed by atoms with E-state index >= 15 is 0 Å². The Morgan fingerprint density at radius 3 is 2.79 bits per heavy atom. The molecule has 0 aromatic heterocycles. The van der Waals surface area contributed by atoms with Crippen molar-refractivity contribution >= 4 is 12.0 Å². The number of aliphatic carboxylic acids is 1. The third-order valence-corrected chi connectivity index (χ3v) is 2.24. The average molecular weight is 190 g/mol. The van der Waals surface area contributed by atoms with E-state index in [-0.39, 0.29) is 6.42 Å². The molecule has 1 aromatic carbocycles. The molecular formula is C12H14O2. The monoisotopic (exact) mass is 190 g/mol. The van der Waals surface area contributed by atoms with Gasteiger partial charge in [-0.2, -0.15) is 0 Å². The Hall–Kier alpha value is -1.57. The van der Waals surface area contributed by atoms with Gasteiger partial charge in [-0.1, -0.05) is 30.4 Å². The molecule has 0 unspecified atom stereocenters. The molecule has 0 saturated carbocycles. The van der Waals surface area contributed by atoms with Gasteiger partial charge in [0.25, 0.3) is 0 Å². The van der Waals surface area contributed by atoms with Crippen LogP contribution in [0.5, 0.6) is 0 Å². The third-order valence-electron chi connectivity index (χ3n) is 2.24. The summed E-state index contributed by atoms with van der Waals surface area (Å²) in [6.45, 7) is 4.08. The summed E-state index contributed by atoms with van der Waals surface area (Å²) in [5.74, 6) is -0.799. The zero-order chi connectivity index (χ0) is 10.6. The molecule has 0 amide bonds. The van der Waals surface area contributed by atoms with E-state index in [9.17, 15) is 4.79 Å². The van der Waals surface area contributed by atoms with Gasteiger partial charge in [-0.05, 0) is 30.5 Å². The van der Waals surface area contributed by atoms with Crippen LogP contribution in [-0.2, 0) is 4.79 Å². The fourth-order valence-corrected chi connectivity index (χ4v) is 1.24. The van der Waals surface area contributed by atoms with E-state index in [1.807, 2.05) is 38.1 Å². The lowest BCUT2D eigenvalue weighted by Gasteiger charge is -2.02. The van der Waals surface area contributed by atoms with E-state index in [1.165, 1.54) is 11.1 Å². The van der Waals surface area contributed by atoms with Crippen LogP contribution < -0.4 is 0 Å². The fourth-order valence-electron chi connectivity index (χ4n) is 1.24. The highest BCUT2D eigenvalue weighted by Gasteiger charge is 1.96. The summed E-state index contributed by atoms with van der Waals surface area (Å²) >= 11 is 0. The number of hydrogen-bond donors (Lipinski definition) is 1. The first-order chi connectivity index (χ1) is 6.61. The van der Waals surface area contributed by atoms with Crippen LogP contribution in [0.15, 0.2) is 24.3 Å². The highest BCUT2D eigenvalue weighted by molar-refractivity contribution is 5.70. The van der Waals surface area contributed by atoms with Crippen molar-refractivity contribution < 1.29 is 9.90 Å². The minimum atomic E-state index is -0.799. The normalized spacial score (nSPS) is 10.7. The van der Waals surface area contributed by atoms with E-state index in [2.05, 4.69) is 0 Å². The number of carbonyl (C=O) groups is 1. The van der Waals surface area contributed by atoms with Crippen LogP contribution in [0.1, 0.15) is 23.1 Å². The van der Waals surface area contributed by atoms with Crippen LogP contribution in [0, 0.1) is 13.8 Å². The van der Waals surface area contributed by atoms with Gasteiger partial charge in [0.15, 0.2) is 0 Å². The van der Waals surface area contributed by atoms with Crippen LogP contribution in [0.4, 0.5) is 0 Å². The minimum absolute atomic E-state index is 0.0768. The highest BCUT2D eigenvalue weighted by atomic mass is 16.4. The first kappa shape index (κ1) is 10.5. The Balaban J connectivity index is 2.81. The Kier molecular flexibility index (Phi) is 3.46. The van der Waals surface area contributed by atoms with Gasteiger partial charge in [0.1, 0.15) is 0 Å². The van der Waals surface area contributed by atoms with Gasteiger partial charge in [-0.3, -0.25) is 4.79 Å². The quantitative estimate of drug-likeness (QED) is 0.795. The number of aryl methyl sites for hydroxylation is 1. The molecule has 2 nitrogen and oxygen atoms in total. The van der Waals surface area contributed by atoms with Crippen molar-refractivity contribution in [3.63, 3.8) is 0 Å². The van der Waals surface area contributed by atoms with Gasteiger partial charge in [-0.15, -0.1) is 0 Å². The predicted octanol–water partition coefficient (Wildman–Crippen LogP) is 2.79. The molecule has 2 heteroatoms. The summed E-state index contributed by atoms with van der Waals surface area (Å²) in [5.41, 5.74) is 3.52. The van der Waals surface area contributed by atoms with Crippen LogP contribution in [-0.4, -0.2) is 11.1 Å². The maximum absolute atomic E-state index is 10.3. The lowest BCUT2D eigenvalue weighted by molar-refractivity contribution is -0.135. The molecule has 0 fully saturated rings. The standard InChI is InChI=1S/C12H14O2/c1-9-5-3-6-11(10(9)2)7-4-8-12(13)14/h3-7H,8H2,1-2H3,(H,13,14). The van der Waals surface area contributed by atoms with Gasteiger partial charge in [0, 0.05) is 0 Å². The molecule has 0 aliphatic rings. The summed E-state index contributed by atoms with van der Waals surface area (Å²) in [4.78, 5) is 10.3. The first-order valence-electron chi connectivity index (χ1n) is 4.56. The fraction of sp³-hybridized carbons (Fsp3) is 0.250. The molecule has 0 bridgehead atoms. The molecule has 0 aliphatic carbocycles. The topological polar surface area (TPSA) is 37.3 Å². The molecule has 14 heavy (non-hydrogen) atoms. The number of hydrogen-bond acceptors (Lipinski definition) is 1. The van der Waals surface area contributed by atoms with E-state index in [1.54, 1.807) is 6.08 Å². The predicted molar refractivity (Wildman–Crippen MR) is 57.2 cm³/mol. The van der Waals surface area contributed by atoms with E-state index in [0.717, 1.165) is 5.56 Å². The van der Waals surface area contributed by atoms with Crippen molar-refractivity contribution in [2.24, 2.45) is 0 Å². The highest BCUT2D eigenvalue weighted by Crippen LogP contribution is 2.14. The second kappa shape index (κ2) is 4.61. The molecule has 0 spiro atoms. The molecular weight excluding hydrogens is 176 g/mol. The van der Waals surface area contributed by atoms with Gasteiger partial charge in [-0.25, -0.2) is 0 Å². The van der Waals surface area contributed by atoms with Gasteiger partial charge < -0.3 is 5.11 Å². The number of rotatable bonds is 3. The van der Waals surface area contributed by atoms with Crippen molar-refractivity contribution in [2.75, 3.05) is 0 Å². The molecule has 0 saturated heterocycles. The van der Waals surface area contributed by atoms with E-state index in [4.69, 9.17) is 5.11 Å². The van der Waals surface area contributed by atoms with Gasteiger partial charge in [0.2, 0.25) is 0 Å². The first-order valence-corrected chi connectivity index (χ1v) is 4.56. The minimum Gasteiger partial charge on any atom is -0.481 e. The Morgan fingerprint density at radius 2 is 2.14 bits per heavy atom. The summed E-state index contributed by atoms with van der Waals surface area (Å²) in [7, 11) is 0. The van der Waals surface area contributed by atoms with Crippen molar-refractivity contribution in [3.05, 3.63) is 41.0 Å². The Labute approximate surface area is 83.9 Å². The molecule has 74 valence electrons. The second-order valence-electron chi connectivity index (χ2n) is 3.29. The summed E-state index contributed by atoms with van der Waals surface area (Å²) in [6, 6.07) is 6.01. The zero-order valence-corrected chi connectivity index (χ0v) is 8.45. The second-order valence-corrected chi connectivity index (χ2v) is 3.29. The number of benzene rings is 1. The largest absolute Gasteiger partial charge is 0.481 e. The average Bonchev–Trinajstić information content (AvgIpc) is 2.12. The van der Waals surface area contributed by atoms with Gasteiger partial charge >= 0.3 is 5.97 Å². The Bertz CT molecular complexity index is 365. The van der Waals surface area contributed by atoms with Crippen molar-refractivity contribution in [1.82, 2.24) is 0 Å². The number of carboxylic acids is 1. The van der Waals surface area contributed by atoms with E-state index in [0.29, 0.717) is 0 Å². The van der Waals surface area contributed by atoms with Crippen molar-refractivity contribution in [3.8, 4) is 0 Å². The lowest BCUT2D eigenvalue weighted by atomic mass is 10.0. The lowest BCUT2D eigenvalue weighted by Crippen LogP contribution is -1.90. The molecule has 1 aromatic rings. The molecule has 0 radical (unpaired) electrons. The third kappa shape index (κ3) is 2.73. The SMILES string of the molecule is Cc1cccc(C=CCC(=O)O)c1C. The van der Waals surface area contributed by atoms with Crippen LogP contribution in [0.2, 0.25) is 0 Å². The maximum Gasteiger partial charge on any atom is 0.307 e. The Morgan fingerprint density at radius 1 is 1.43 bits per heavy atom. The molecule has 1 rings (SSSR count). The molecule has 1 N–H and O–H groups in total. The van der Waals surface area contributed by atoms with Gasteiger partial charge in [0.05, 0.1) is 6.42 Å². The van der Waals surface area contributed by atoms with Crippen LogP contribution in [0.25, 0.3) is 6.08 Å². The maximum atomic E-state index is 10.3. The zero-order valence-electron chi connectivity index (χ0n) is 8.45. The summed E-state index contributed by atoms with van der Waals surface area (Å²) in [6.07, 6.45) is 3.61. The molecule has 0 aliphatic heterocycles. The number of carboxylic acid groups (broad SMARTS) is 1. The smallest absolute Gasteiger partial charge is 0.307 e. The van der Waals surface area contributed by atoms with Crippen LogP contribution in [0.3, 0.4) is 0 Å². The molecule has 0 heterocycles. The summed E-state index contributed by atoms with van der Waals surface area (Å²) in [5, 5.41) is 8.46. The van der Waals surface area contributed by atoms with Crippen molar-refractivity contribution in [2.45, 2.75) is 20.3 Å². The van der Waals surface area contributed by atoms with E-state index < -0.39 is 5.97 Å².